The first-order chi connectivity index (χ1) is 13.1. The Balaban J connectivity index is 1.68. The predicted molar refractivity (Wildman–Crippen MR) is 102 cm³/mol. The summed E-state index contributed by atoms with van der Waals surface area (Å²) in [6.45, 7) is 2.25. The van der Waals surface area contributed by atoms with Crippen molar-refractivity contribution in [2.75, 3.05) is 21.0 Å². The summed E-state index contributed by atoms with van der Waals surface area (Å²) in [6, 6.07) is 11.1. The second-order valence-electron chi connectivity index (χ2n) is 6.03. The number of ether oxygens (including phenoxy) is 4. The van der Waals surface area contributed by atoms with E-state index in [1.54, 1.807) is 20.3 Å². The molecule has 0 spiro atoms. The third kappa shape index (κ3) is 4.34. The molecule has 0 saturated heterocycles. The zero-order valence-electron chi connectivity index (χ0n) is 15.7. The van der Waals surface area contributed by atoms with Crippen molar-refractivity contribution in [2.24, 2.45) is 0 Å². The van der Waals surface area contributed by atoms with Crippen LogP contribution >= 0.6 is 0 Å². The number of amides is 1. The van der Waals surface area contributed by atoms with E-state index >= 15 is 0 Å². The van der Waals surface area contributed by atoms with Crippen LogP contribution in [0.3, 0.4) is 0 Å². The van der Waals surface area contributed by atoms with E-state index in [1.165, 1.54) is 6.08 Å². The van der Waals surface area contributed by atoms with Crippen molar-refractivity contribution < 1.29 is 23.7 Å². The number of hydrogen-bond donors (Lipinski definition) is 1. The average Bonchev–Trinajstić information content (AvgIpc) is 3.17. The second kappa shape index (κ2) is 8.49. The molecule has 1 heterocycles. The van der Waals surface area contributed by atoms with E-state index in [2.05, 4.69) is 5.32 Å². The van der Waals surface area contributed by atoms with Gasteiger partial charge in [0.15, 0.2) is 23.0 Å². The highest BCUT2D eigenvalue weighted by molar-refractivity contribution is 5.92. The Hall–Kier alpha value is -3.15. The number of nitrogens with one attached hydrogen (secondary N) is 1. The molecule has 0 aliphatic carbocycles. The zero-order valence-corrected chi connectivity index (χ0v) is 15.7. The van der Waals surface area contributed by atoms with Crippen LogP contribution in [-0.2, 0) is 4.79 Å². The molecular weight excluding hydrogens is 346 g/mol. The molecule has 1 aliphatic rings. The van der Waals surface area contributed by atoms with Crippen molar-refractivity contribution in [2.45, 2.75) is 19.4 Å². The molecule has 1 N–H and O–H groups in total. The summed E-state index contributed by atoms with van der Waals surface area (Å²) in [5.41, 5.74) is 1.83. The van der Waals surface area contributed by atoms with Crippen LogP contribution < -0.4 is 24.3 Å². The first-order valence-electron chi connectivity index (χ1n) is 8.74. The summed E-state index contributed by atoms with van der Waals surface area (Å²) in [7, 11) is 3.19. The molecule has 142 valence electrons. The molecule has 2 aromatic carbocycles. The third-order valence-electron chi connectivity index (χ3n) is 4.36. The van der Waals surface area contributed by atoms with Crippen LogP contribution in [0.25, 0.3) is 6.08 Å². The lowest BCUT2D eigenvalue weighted by molar-refractivity contribution is -0.117. The highest BCUT2D eigenvalue weighted by Gasteiger charge is 2.15. The quantitative estimate of drug-likeness (QED) is 0.754. The highest BCUT2D eigenvalue weighted by atomic mass is 16.7. The maximum absolute atomic E-state index is 12.4. The van der Waals surface area contributed by atoms with Gasteiger partial charge in [-0.2, -0.15) is 0 Å². The fraction of sp³-hybridized carbons (Fsp3) is 0.286. The summed E-state index contributed by atoms with van der Waals surface area (Å²) in [5, 5.41) is 3.02. The largest absolute Gasteiger partial charge is 0.493 e. The number of rotatable bonds is 7. The van der Waals surface area contributed by atoms with Crippen molar-refractivity contribution in [3.8, 4) is 23.0 Å². The van der Waals surface area contributed by atoms with E-state index in [0.717, 1.165) is 23.3 Å². The Morgan fingerprint density at radius 2 is 1.89 bits per heavy atom. The van der Waals surface area contributed by atoms with E-state index in [4.69, 9.17) is 18.9 Å². The summed E-state index contributed by atoms with van der Waals surface area (Å²) in [5.74, 6) is 2.53. The molecule has 0 bridgehead atoms. The van der Waals surface area contributed by atoms with Gasteiger partial charge in [0, 0.05) is 6.08 Å². The molecule has 6 heteroatoms. The summed E-state index contributed by atoms with van der Waals surface area (Å²) >= 11 is 0. The van der Waals surface area contributed by atoms with Crippen LogP contribution in [0.2, 0.25) is 0 Å². The molecule has 0 saturated carbocycles. The maximum Gasteiger partial charge on any atom is 0.244 e. The van der Waals surface area contributed by atoms with Crippen molar-refractivity contribution in [3.05, 3.63) is 53.6 Å². The highest BCUT2D eigenvalue weighted by Crippen LogP contribution is 2.33. The van der Waals surface area contributed by atoms with Gasteiger partial charge in [-0.05, 0) is 47.9 Å². The Morgan fingerprint density at radius 1 is 1.11 bits per heavy atom. The third-order valence-corrected chi connectivity index (χ3v) is 4.36. The summed E-state index contributed by atoms with van der Waals surface area (Å²) in [4.78, 5) is 12.4. The lowest BCUT2D eigenvalue weighted by Crippen LogP contribution is -2.26. The smallest absolute Gasteiger partial charge is 0.244 e. The first-order valence-corrected chi connectivity index (χ1v) is 8.74. The van der Waals surface area contributed by atoms with Gasteiger partial charge in [-0.15, -0.1) is 0 Å². The van der Waals surface area contributed by atoms with Gasteiger partial charge in [0.05, 0.1) is 20.3 Å². The van der Waals surface area contributed by atoms with Crippen LogP contribution in [0.5, 0.6) is 23.0 Å². The molecule has 0 aromatic heterocycles. The first kappa shape index (κ1) is 18.6. The minimum atomic E-state index is -0.172. The van der Waals surface area contributed by atoms with Gasteiger partial charge in [-0.3, -0.25) is 4.79 Å². The molecule has 1 aliphatic heterocycles. The van der Waals surface area contributed by atoms with Gasteiger partial charge in [0.25, 0.3) is 0 Å². The summed E-state index contributed by atoms with van der Waals surface area (Å²) < 4.78 is 21.2. The van der Waals surface area contributed by atoms with Gasteiger partial charge < -0.3 is 24.3 Å². The van der Waals surface area contributed by atoms with Crippen molar-refractivity contribution in [3.63, 3.8) is 0 Å². The number of carbonyl (C=O) groups is 1. The minimum Gasteiger partial charge on any atom is -0.493 e. The van der Waals surface area contributed by atoms with Gasteiger partial charge in [0.1, 0.15) is 0 Å². The molecule has 6 nitrogen and oxygen atoms in total. The number of carbonyl (C=O) groups excluding carboxylic acids is 1. The van der Waals surface area contributed by atoms with Crippen LogP contribution in [0.15, 0.2) is 42.5 Å². The van der Waals surface area contributed by atoms with Crippen molar-refractivity contribution in [1.29, 1.82) is 0 Å². The standard InChI is InChI=1S/C21H23NO5/c1-4-16(15-7-9-17(24-2)19(12-15)25-3)22-21(23)10-6-14-5-8-18-20(11-14)27-13-26-18/h5-12,16H,4,13H2,1-3H3,(H,22,23)/b10-6+/t16-/m1/s1. The number of hydrogen-bond acceptors (Lipinski definition) is 5. The Labute approximate surface area is 158 Å². The SMILES string of the molecule is CC[C@@H](NC(=O)/C=C/c1ccc2c(c1)OCO2)c1ccc(OC)c(OC)c1. The Morgan fingerprint density at radius 3 is 2.63 bits per heavy atom. The van der Waals surface area contributed by atoms with Crippen molar-refractivity contribution in [1.82, 2.24) is 5.32 Å². The predicted octanol–water partition coefficient (Wildman–Crippen LogP) is 3.71. The van der Waals surface area contributed by atoms with Gasteiger partial charge in [-0.1, -0.05) is 19.1 Å². The molecular formula is C21H23NO5. The molecule has 1 atom stereocenters. The average molecular weight is 369 g/mol. The number of methoxy groups -OCH3 is 2. The molecule has 1 amide bonds. The van der Waals surface area contributed by atoms with E-state index < -0.39 is 0 Å². The van der Waals surface area contributed by atoms with Crippen LogP contribution in [0.4, 0.5) is 0 Å². The summed E-state index contributed by atoms with van der Waals surface area (Å²) in [6.07, 6.45) is 4.01. The van der Waals surface area contributed by atoms with E-state index in [-0.39, 0.29) is 18.7 Å². The molecule has 0 unspecified atom stereocenters. The molecule has 27 heavy (non-hydrogen) atoms. The number of fused-ring (bicyclic) bond motifs is 1. The lowest BCUT2D eigenvalue weighted by atomic mass is 10.0. The topological polar surface area (TPSA) is 66.0 Å². The minimum absolute atomic E-state index is 0.126. The maximum atomic E-state index is 12.4. The monoisotopic (exact) mass is 369 g/mol. The second-order valence-corrected chi connectivity index (χ2v) is 6.03. The molecule has 3 rings (SSSR count). The zero-order chi connectivity index (χ0) is 19.2. The van der Waals surface area contributed by atoms with Crippen LogP contribution in [0, 0.1) is 0 Å². The van der Waals surface area contributed by atoms with Crippen LogP contribution in [-0.4, -0.2) is 26.9 Å². The lowest BCUT2D eigenvalue weighted by Gasteiger charge is -2.18. The number of benzene rings is 2. The van der Waals surface area contributed by atoms with Crippen molar-refractivity contribution >= 4 is 12.0 Å². The Bertz CT molecular complexity index is 846. The van der Waals surface area contributed by atoms with Gasteiger partial charge in [0.2, 0.25) is 12.7 Å². The van der Waals surface area contributed by atoms with E-state index in [0.29, 0.717) is 17.2 Å². The molecule has 0 radical (unpaired) electrons. The fourth-order valence-corrected chi connectivity index (χ4v) is 2.90. The fourth-order valence-electron chi connectivity index (χ4n) is 2.90. The normalized spacial score (nSPS) is 13.4. The van der Waals surface area contributed by atoms with E-state index in [1.807, 2.05) is 43.3 Å². The van der Waals surface area contributed by atoms with E-state index in [9.17, 15) is 4.79 Å². The Kier molecular flexibility index (Phi) is 5.86. The van der Waals surface area contributed by atoms with Crippen LogP contribution in [0.1, 0.15) is 30.5 Å². The molecule has 2 aromatic rings. The molecule has 0 fully saturated rings. The van der Waals surface area contributed by atoms with Gasteiger partial charge >= 0.3 is 0 Å². The van der Waals surface area contributed by atoms with Gasteiger partial charge in [-0.25, -0.2) is 0 Å².